The molecule has 0 heterocycles. The first kappa shape index (κ1) is 25.6. The van der Waals surface area contributed by atoms with E-state index in [1.165, 1.54) is 34.1 Å². The standard InChI is InChI=1S/C7H13NO3.C7H11NO3.CH4/c2*1-4-6(7(10)11-3)8-5(2)9;/h6H,4H2,1-3H3,(H,8,9);4H,1-3H3,(H,8,9);1H4/t6-;;/m0../s1. The number of amides is 2. The van der Waals surface area contributed by atoms with E-state index < -0.39 is 18.0 Å². The Bertz CT molecular complexity index is 432. The van der Waals surface area contributed by atoms with Gasteiger partial charge in [0.25, 0.3) is 0 Å². The largest absolute Gasteiger partial charge is 0.467 e. The summed E-state index contributed by atoms with van der Waals surface area (Å²) in [6.07, 6.45) is 2.03. The Balaban J connectivity index is -0.000000333. The second-order valence-corrected chi connectivity index (χ2v) is 4.06. The number of hydrogen-bond acceptors (Lipinski definition) is 6. The summed E-state index contributed by atoms with van der Waals surface area (Å²) < 4.78 is 8.83. The molecule has 0 rings (SSSR count). The zero-order valence-electron chi connectivity index (χ0n) is 13.8. The van der Waals surface area contributed by atoms with Crippen molar-refractivity contribution in [3.05, 3.63) is 11.8 Å². The number of ether oxygens (including phenoxy) is 2. The lowest BCUT2D eigenvalue weighted by atomic mass is 10.2. The molecule has 8 nitrogen and oxygen atoms in total. The van der Waals surface area contributed by atoms with Gasteiger partial charge in [-0.25, -0.2) is 9.59 Å². The molecule has 0 saturated carbocycles. The molecule has 0 bridgehead atoms. The number of carbonyl (C=O) groups excluding carboxylic acids is 4. The average molecular weight is 332 g/mol. The molecule has 0 aromatic heterocycles. The molecule has 0 saturated heterocycles. The molecular formula is C15H28N2O6. The molecule has 0 radical (unpaired) electrons. The molecule has 0 fully saturated rings. The highest BCUT2D eigenvalue weighted by atomic mass is 16.5. The van der Waals surface area contributed by atoms with E-state index in [0.717, 1.165) is 0 Å². The number of nitrogens with one attached hydrogen (secondary N) is 2. The van der Waals surface area contributed by atoms with Crippen LogP contribution in [0.1, 0.15) is 41.5 Å². The average Bonchev–Trinajstić information content (AvgIpc) is 2.48. The molecule has 0 aliphatic carbocycles. The Hall–Kier alpha value is -2.38. The first-order valence-electron chi connectivity index (χ1n) is 6.60. The van der Waals surface area contributed by atoms with Gasteiger partial charge in [0.15, 0.2) is 0 Å². The molecule has 0 aliphatic rings. The molecule has 2 amide bonds. The second-order valence-electron chi connectivity index (χ2n) is 4.06. The van der Waals surface area contributed by atoms with Gasteiger partial charge in [0.05, 0.1) is 14.2 Å². The lowest BCUT2D eigenvalue weighted by Crippen LogP contribution is -2.39. The fourth-order valence-corrected chi connectivity index (χ4v) is 1.26. The lowest BCUT2D eigenvalue weighted by Gasteiger charge is -2.12. The van der Waals surface area contributed by atoms with Crippen molar-refractivity contribution in [1.82, 2.24) is 10.6 Å². The van der Waals surface area contributed by atoms with Crippen molar-refractivity contribution in [2.45, 2.75) is 47.6 Å². The monoisotopic (exact) mass is 332 g/mol. The zero-order chi connectivity index (χ0) is 17.7. The first-order valence-corrected chi connectivity index (χ1v) is 6.60. The van der Waals surface area contributed by atoms with Crippen molar-refractivity contribution in [2.75, 3.05) is 14.2 Å². The normalized spacial score (nSPS) is 10.8. The fraction of sp³-hybridized carbons (Fsp3) is 0.600. The molecule has 1 atom stereocenters. The smallest absolute Gasteiger partial charge is 0.354 e. The minimum absolute atomic E-state index is 0. The Labute approximate surface area is 137 Å². The molecule has 134 valence electrons. The van der Waals surface area contributed by atoms with Gasteiger partial charge < -0.3 is 20.1 Å². The van der Waals surface area contributed by atoms with Gasteiger partial charge in [0.1, 0.15) is 11.7 Å². The summed E-state index contributed by atoms with van der Waals surface area (Å²) in [5, 5.41) is 4.79. The highest BCUT2D eigenvalue weighted by molar-refractivity contribution is 5.93. The van der Waals surface area contributed by atoms with Gasteiger partial charge >= 0.3 is 11.9 Å². The van der Waals surface area contributed by atoms with Crippen molar-refractivity contribution < 1.29 is 28.7 Å². The SMILES string of the molecule is C.CC=C(NC(C)=O)C(=O)OC.CC[C@H](NC(C)=O)C(=O)OC. The third-order valence-corrected chi connectivity index (χ3v) is 2.28. The molecule has 8 heteroatoms. The van der Waals surface area contributed by atoms with E-state index in [1.807, 2.05) is 0 Å². The molecule has 23 heavy (non-hydrogen) atoms. The Morgan fingerprint density at radius 3 is 1.83 bits per heavy atom. The number of hydrogen-bond donors (Lipinski definition) is 2. The highest BCUT2D eigenvalue weighted by Gasteiger charge is 2.16. The van der Waals surface area contributed by atoms with Crippen LogP contribution in [0, 0.1) is 0 Å². The molecule has 0 spiro atoms. The minimum Gasteiger partial charge on any atom is -0.467 e. The third kappa shape index (κ3) is 13.0. The fourth-order valence-electron chi connectivity index (χ4n) is 1.26. The molecule has 2 N–H and O–H groups in total. The van der Waals surface area contributed by atoms with Crippen LogP contribution in [0.2, 0.25) is 0 Å². The van der Waals surface area contributed by atoms with E-state index in [1.54, 1.807) is 13.8 Å². The van der Waals surface area contributed by atoms with Crippen LogP contribution in [0.25, 0.3) is 0 Å². The second kappa shape index (κ2) is 14.6. The van der Waals surface area contributed by atoms with Crippen LogP contribution < -0.4 is 10.6 Å². The quantitative estimate of drug-likeness (QED) is 0.572. The van der Waals surface area contributed by atoms with Crippen molar-refractivity contribution in [3.63, 3.8) is 0 Å². The van der Waals surface area contributed by atoms with Crippen molar-refractivity contribution in [2.24, 2.45) is 0 Å². The zero-order valence-corrected chi connectivity index (χ0v) is 13.8. The maximum absolute atomic E-state index is 10.8. The topological polar surface area (TPSA) is 111 Å². The van der Waals surface area contributed by atoms with Gasteiger partial charge in [0, 0.05) is 13.8 Å². The Morgan fingerprint density at radius 1 is 1.04 bits per heavy atom. The van der Waals surface area contributed by atoms with E-state index in [0.29, 0.717) is 6.42 Å². The maximum atomic E-state index is 10.8. The Morgan fingerprint density at radius 2 is 1.57 bits per heavy atom. The summed E-state index contributed by atoms with van der Waals surface area (Å²) in [5.41, 5.74) is 0.167. The van der Waals surface area contributed by atoms with Crippen LogP contribution in [0.4, 0.5) is 0 Å². The van der Waals surface area contributed by atoms with Crippen LogP contribution in [0.3, 0.4) is 0 Å². The summed E-state index contributed by atoms with van der Waals surface area (Å²) >= 11 is 0. The molecule has 0 aromatic carbocycles. The van der Waals surface area contributed by atoms with E-state index in [2.05, 4.69) is 20.1 Å². The summed E-state index contributed by atoms with van der Waals surface area (Å²) in [6.45, 7) is 6.14. The van der Waals surface area contributed by atoms with E-state index in [9.17, 15) is 19.2 Å². The van der Waals surface area contributed by atoms with E-state index in [-0.39, 0.29) is 24.9 Å². The minimum atomic E-state index is -0.539. The van der Waals surface area contributed by atoms with Crippen molar-refractivity contribution >= 4 is 23.8 Å². The van der Waals surface area contributed by atoms with Gasteiger partial charge in [-0.3, -0.25) is 9.59 Å². The van der Waals surface area contributed by atoms with Gasteiger partial charge in [-0.2, -0.15) is 0 Å². The lowest BCUT2D eigenvalue weighted by molar-refractivity contribution is -0.144. The maximum Gasteiger partial charge on any atom is 0.354 e. The summed E-state index contributed by atoms with van der Waals surface area (Å²) in [4.78, 5) is 42.6. The number of allylic oxidation sites excluding steroid dienone is 1. The van der Waals surface area contributed by atoms with Crippen LogP contribution in [0.15, 0.2) is 11.8 Å². The first-order chi connectivity index (χ1) is 10.2. The van der Waals surface area contributed by atoms with Crippen molar-refractivity contribution in [3.8, 4) is 0 Å². The summed E-state index contributed by atoms with van der Waals surface area (Å²) in [7, 11) is 2.56. The van der Waals surface area contributed by atoms with E-state index >= 15 is 0 Å². The van der Waals surface area contributed by atoms with Gasteiger partial charge in [0.2, 0.25) is 11.8 Å². The van der Waals surface area contributed by atoms with Crippen LogP contribution in [0.5, 0.6) is 0 Å². The molecule has 0 aliphatic heterocycles. The van der Waals surface area contributed by atoms with Gasteiger partial charge in [-0.05, 0) is 13.3 Å². The number of esters is 2. The van der Waals surface area contributed by atoms with Gasteiger partial charge in [-0.1, -0.05) is 20.4 Å². The van der Waals surface area contributed by atoms with Gasteiger partial charge in [-0.15, -0.1) is 0 Å². The van der Waals surface area contributed by atoms with Crippen molar-refractivity contribution in [1.29, 1.82) is 0 Å². The molecule has 0 aromatic rings. The van der Waals surface area contributed by atoms with Crippen LogP contribution in [-0.4, -0.2) is 44.0 Å². The number of rotatable bonds is 5. The molecule has 0 unspecified atom stereocenters. The number of methoxy groups -OCH3 is 2. The number of carbonyl (C=O) groups is 4. The predicted molar refractivity (Wildman–Crippen MR) is 86.2 cm³/mol. The highest BCUT2D eigenvalue weighted by Crippen LogP contribution is 1.93. The Kier molecular flexibility index (Phi) is 16.2. The summed E-state index contributed by atoms with van der Waals surface area (Å²) in [5.74, 6) is -1.45. The third-order valence-electron chi connectivity index (χ3n) is 2.28. The molecular weight excluding hydrogens is 304 g/mol. The predicted octanol–water partition coefficient (Wildman–Crippen LogP) is 0.910. The summed E-state index contributed by atoms with van der Waals surface area (Å²) in [6, 6.07) is -0.502. The van der Waals surface area contributed by atoms with Crippen LogP contribution >= 0.6 is 0 Å². The van der Waals surface area contributed by atoms with E-state index in [4.69, 9.17) is 0 Å². The van der Waals surface area contributed by atoms with Crippen LogP contribution in [-0.2, 0) is 28.7 Å².